The van der Waals surface area contributed by atoms with Crippen LogP contribution in [0, 0.1) is 11.7 Å². The molecule has 0 aliphatic heterocycles. The first-order valence-corrected chi connectivity index (χ1v) is 8.14. The Morgan fingerprint density at radius 2 is 2.00 bits per heavy atom. The summed E-state index contributed by atoms with van der Waals surface area (Å²) in [6.45, 7) is 0. The number of amides is 1. The van der Waals surface area contributed by atoms with Gasteiger partial charge in [-0.15, -0.1) is 0 Å². The van der Waals surface area contributed by atoms with Crippen LogP contribution in [0.3, 0.4) is 0 Å². The van der Waals surface area contributed by atoms with Gasteiger partial charge in [0.1, 0.15) is 5.82 Å². The first kappa shape index (κ1) is 15.7. The highest BCUT2D eigenvalue weighted by molar-refractivity contribution is 5.78. The van der Waals surface area contributed by atoms with E-state index in [0.29, 0.717) is 12.3 Å². The van der Waals surface area contributed by atoms with Gasteiger partial charge in [0.25, 0.3) is 0 Å². The van der Waals surface area contributed by atoms with Crippen LogP contribution in [0.15, 0.2) is 48.7 Å². The maximum absolute atomic E-state index is 13.0. The predicted molar refractivity (Wildman–Crippen MR) is 87.3 cm³/mol. The summed E-state index contributed by atoms with van der Waals surface area (Å²) in [7, 11) is 0. The van der Waals surface area contributed by atoms with Gasteiger partial charge in [0.05, 0.1) is 6.42 Å². The Balaban J connectivity index is 1.56. The van der Waals surface area contributed by atoms with Gasteiger partial charge in [-0.25, -0.2) is 4.39 Å². The quantitative estimate of drug-likeness (QED) is 0.920. The molecule has 0 unspecified atom stereocenters. The molecule has 1 aliphatic carbocycles. The third-order valence-electron chi connectivity index (χ3n) is 4.48. The molecule has 1 amide bonds. The molecule has 1 aliphatic rings. The van der Waals surface area contributed by atoms with Crippen molar-refractivity contribution in [2.75, 3.05) is 0 Å². The Hall–Kier alpha value is -2.23. The largest absolute Gasteiger partial charge is 0.353 e. The van der Waals surface area contributed by atoms with Crippen molar-refractivity contribution in [1.82, 2.24) is 10.3 Å². The number of hydrogen-bond donors (Lipinski definition) is 1. The van der Waals surface area contributed by atoms with Crippen molar-refractivity contribution in [3.05, 3.63) is 65.7 Å². The van der Waals surface area contributed by atoms with Crippen molar-refractivity contribution in [1.29, 1.82) is 0 Å². The molecule has 1 aromatic heterocycles. The highest BCUT2D eigenvalue weighted by Gasteiger charge is 2.28. The van der Waals surface area contributed by atoms with E-state index >= 15 is 0 Å². The number of nitrogens with zero attached hydrogens (tertiary/aromatic N) is 1. The van der Waals surface area contributed by atoms with Crippen molar-refractivity contribution >= 4 is 5.91 Å². The van der Waals surface area contributed by atoms with Gasteiger partial charge in [-0.05, 0) is 55.0 Å². The van der Waals surface area contributed by atoms with E-state index in [1.54, 1.807) is 6.20 Å². The van der Waals surface area contributed by atoms with Gasteiger partial charge in [-0.3, -0.25) is 9.78 Å². The lowest BCUT2D eigenvalue weighted by Crippen LogP contribution is -2.39. The number of hydrogen-bond acceptors (Lipinski definition) is 2. The zero-order chi connectivity index (χ0) is 16.1. The van der Waals surface area contributed by atoms with Crippen LogP contribution in [0.2, 0.25) is 0 Å². The molecule has 2 aromatic rings. The average molecular weight is 312 g/mol. The van der Waals surface area contributed by atoms with Crippen LogP contribution in [0.1, 0.15) is 30.5 Å². The van der Waals surface area contributed by atoms with Gasteiger partial charge >= 0.3 is 0 Å². The van der Waals surface area contributed by atoms with E-state index < -0.39 is 0 Å². The fourth-order valence-corrected chi connectivity index (χ4v) is 3.32. The van der Waals surface area contributed by atoms with Crippen LogP contribution in [-0.2, 0) is 17.6 Å². The molecular formula is C19H21FN2O. The van der Waals surface area contributed by atoms with E-state index in [9.17, 15) is 9.18 Å². The molecule has 1 saturated carbocycles. The average Bonchev–Trinajstić information content (AvgIpc) is 2.97. The molecule has 2 atom stereocenters. The lowest BCUT2D eigenvalue weighted by atomic mass is 9.94. The minimum Gasteiger partial charge on any atom is -0.353 e. The van der Waals surface area contributed by atoms with Crippen LogP contribution in [0.4, 0.5) is 4.39 Å². The SMILES string of the molecule is O=C(Cc1ccccn1)N[C@@H]1CCC[C@@H]1Cc1ccc(F)cc1. The molecule has 0 bridgehead atoms. The lowest BCUT2D eigenvalue weighted by Gasteiger charge is -2.21. The smallest absolute Gasteiger partial charge is 0.226 e. The van der Waals surface area contributed by atoms with E-state index in [2.05, 4.69) is 10.3 Å². The Morgan fingerprint density at radius 3 is 2.74 bits per heavy atom. The summed E-state index contributed by atoms with van der Waals surface area (Å²) in [4.78, 5) is 16.4. The molecule has 1 aromatic carbocycles. The van der Waals surface area contributed by atoms with E-state index in [1.165, 1.54) is 12.1 Å². The summed E-state index contributed by atoms with van der Waals surface area (Å²) in [6, 6.07) is 12.5. The van der Waals surface area contributed by atoms with Crippen LogP contribution < -0.4 is 5.32 Å². The molecule has 1 heterocycles. The number of rotatable bonds is 5. The van der Waals surface area contributed by atoms with Crippen LogP contribution >= 0.6 is 0 Å². The molecule has 1 fully saturated rings. The fraction of sp³-hybridized carbons (Fsp3) is 0.368. The summed E-state index contributed by atoms with van der Waals surface area (Å²) in [5.41, 5.74) is 1.92. The summed E-state index contributed by atoms with van der Waals surface area (Å²) < 4.78 is 13.0. The summed E-state index contributed by atoms with van der Waals surface area (Å²) in [6.07, 6.45) is 6.15. The maximum atomic E-state index is 13.0. The summed E-state index contributed by atoms with van der Waals surface area (Å²) in [5.74, 6) is 0.244. The number of halogens is 1. The highest BCUT2D eigenvalue weighted by Crippen LogP contribution is 2.29. The molecule has 3 rings (SSSR count). The van der Waals surface area contributed by atoms with Gasteiger partial charge in [-0.1, -0.05) is 24.6 Å². The Morgan fingerprint density at radius 1 is 1.17 bits per heavy atom. The van der Waals surface area contributed by atoms with Crippen LogP contribution in [-0.4, -0.2) is 16.9 Å². The highest BCUT2D eigenvalue weighted by atomic mass is 19.1. The minimum atomic E-state index is -0.208. The molecule has 0 spiro atoms. The summed E-state index contributed by atoms with van der Waals surface area (Å²) in [5, 5.41) is 3.16. The lowest BCUT2D eigenvalue weighted by molar-refractivity contribution is -0.121. The van der Waals surface area contributed by atoms with Crippen LogP contribution in [0.5, 0.6) is 0 Å². The minimum absolute atomic E-state index is 0.0275. The molecule has 0 saturated heterocycles. The molecule has 3 nitrogen and oxygen atoms in total. The first-order valence-electron chi connectivity index (χ1n) is 8.14. The molecule has 4 heteroatoms. The third-order valence-corrected chi connectivity index (χ3v) is 4.48. The first-order chi connectivity index (χ1) is 11.2. The second kappa shape index (κ2) is 7.36. The zero-order valence-corrected chi connectivity index (χ0v) is 13.0. The molecule has 120 valence electrons. The number of carbonyl (C=O) groups is 1. The number of aromatic nitrogens is 1. The number of pyridine rings is 1. The van der Waals surface area contributed by atoms with E-state index in [4.69, 9.17) is 0 Å². The Bertz CT molecular complexity index is 642. The third kappa shape index (κ3) is 4.38. The predicted octanol–water partition coefficient (Wildman–Crippen LogP) is 3.29. The van der Waals surface area contributed by atoms with Crippen molar-refractivity contribution in [2.24, 2.45) is 5.92 Å². The van der Waals surface area contributed by atoms with Gasteiger partial charge in [0, 0.05) is 17.9 Å². The van der Waals surface area contributed by atoms with Gasteiger partial charge < -0.3 is 5.32 Å². The van der Waals surface area contributed by atoms with Crippen molar-refractivity contribution < 1.29 is 9.18 Å². The van der Waals surface area contributed by atoms with Crippen LogP contribution in [0.25, 0.3) is 0 Å². The van der Waals surface area contributed by atoms with Gasteiger partial charge in [0.15, 0.2) is 0 Å². The van der Waals surface area contributed by atoms with Gasteiger partial charge in [-0.2, -0.15) is 0 Å². The monoisotopic (exact) mass is 312 g/mol. The second-order valence-corrected chi connectivity index (χ2v) is 6.19. The van der Waals surface area contributed by atoms with E-state index in [1.807, 2.05) is 30.3 Å². The second-order valence-electron chi connectivity index (χ2n) is 6.19. The van der Waals surface area contributed by atoms with Crippen molar-refractivity contribution in [2.45, 2.75) is 38.1 Å². The van der Waals surface area contributed by atoms with Crippen molar-refractivity contribution in [3.8, 4) is 0 Å². The fourth-order valence-electron chi connectivity index (χ4n) is 3.32. The molecule has 1 N–H and O–H groups in total. The Kier molecular flexibility index (Phi) is 5.01. The topological polar surface area (TPSA) is 42.0 Å². The van der Waals surface area contributed by atoms with Gasteiger partial charge in [0.2, 0.25) is 5.91 Å². The number of nitrogens with one attached hydrogen (secondary N) is 1. The maximum Gasteiger partial charge on any atom is 0.226 e. The zero-order valence-electron chi connectivity index (χ0n) is 13.0. The molecule has 0 radical (unpaired) electrons. The van der Waals surface area contributed by atoms with Crippen molar-refractivity contribution in [3.63, 3.8) is 0 Å². The van der Waals surface area contributed by atoms with E-state index in [0.717, 1.165) is 36.9 Å². The summed E-state index contributed by atoms with van der Waals surface area (Å²) >= 11 is 0. The molecular weight excluding hydrogens is 291 g/mol. The standard InChI is InChI=1S/C19H21FN2O/c20-16-9-7-14(8-10-16)12-15-4-3-6-18(15)22-19(23)13-17-5-1-2-11-21-17/h1-2,5,7-11,15,18H,3-4,6,12-13H2,(H,22,23)/t15-,18-/m1/s1. The van der Waals surface area contributed by atoms with E-state index in [-0.39, 0.29) is 17.8 Å². The number of benzene rings is 1. The molecule has 23 heavy (non-hydrogen) atoms. The number of carbonyl (C=O) groups excluding carboxylic acids is 1. The normalized spacial score (nSPS) is 20.4. The Labute approximate surface area is 135 Å².